The third kappa shape index (κ3) is 4.32. The minimum Gasteiger partial charge on any atom is -0.497 e. The summed E-state index contributed by atoms with van der Waals surface area (Å²) in [6, 6.07) is 22.5. The van der Waals surface area contributed by atoms with E-state index in [0.717, 1.165) is 11.1 Å². The molecule has 32 heavy (non-hydrogen) atoms. The smallest absolute Gasteiger partial charge is 0.304 e. The number of hydrazine groups is 1. The van der Waals surface area contributed by atoms with Crippen LogP contribution in [0.2, 0.25) is 0 Å². The van der Waals surface area contributed by atoms with Gasteiger partial charge in [0.15, 0.2) is 6.04 Å². The van der Waals surface area contributed by atoms with E-state index in [4.69, 9.17) is 9.47 Å². The molecule has 7 nitrogen and oxygen atoms in total. The molecule has 4 rings (SSSR count). The van der Waals surface area contributed by atoms with E-state index in [2.05, 4.69) is 10.7 Å². The number of ether oxygens (including phenoxy) is 2. The Bertz CT molecular complexity index is 1140. The molecule has 3 aromatic carbocycles. The largest absolute Gasteiger partial charge is 0.497 e. The SMILES string of the molecule is COc1ccc([C@@H]2[C@H](NC(=O)c3ccccc3)C(=O)N/[N+]2=C\c2ccccc2OC)cc1. The fraction of sp³-hybridized carbons (Fsp3) is 0.160. The number of carbonyl (C=O) groups is 2. The van der Waals surface area contributed by atoms with Gasteiger partial charge in [-0.1, -0.05) is 30.3 Å². The lowest BCUT2D eigenvalue weighted by atomic mass is 9.99. The summed E-state index contributed by atoms with van der Waals surface area (Å²) in [6.45, 7) is 0. The molecule has 0 aromatic heterocycles. The predicted octanol–water partition coefficient (Wildman–Crippen LogP) is 2.72. The van der Waals surface area contributed by atoms with Crippen LogP contribution in [-0.2, 0) is 4.79 Å². The fourth-order valence-corrected chi connectivity index (χ4v) is 3.72. The van der Waals surface area contributed by atoms with Crippen LogP contribution in [0.5, 0.6) is 11.5 Å². The van der Waals surface area contributed by atoms with Crippen molar-refractivity contribution in [2.75, 3.05) is 14.2 Å². The van der Waals surface area contributed by atoms with E-state index in [0.29, 0.717) is 17.1 Å². The summed E-state index contributed by atoms with van der Waals surface area (Å²) in [5.74, 6) is 0.757. The van der Waals surface area contributed by atoms with Gasteiger partial charge in [-0.05, 0) is 48.5 Å². The minimum atomic E-state index is -0.804. The second-order valence-electron chi connectivity index (χ2n) is 7.29. The van der Waals surface area contributed by atoms with Gasteiger partial charge in [-0.3, -0.25) is 9.59 Å². The Labute approximate surface area is 186 Å². The maximum absolute atomic E-state index is 13.0. The lowest BCUT2D eigenvalue weighted by Gasteiger charge is -2.15. The Hall–Kier alpha value is -4.13. The van der Waals surface area contributed by atoms with Crippen LogP contribution in [0.1, 0.15) is 27.5 Å². The number of hydrazone groups is 1. The van der Waals surface area contributed by atoms with Gasteiger partial charge in [-0.15, -0.1) is 10.1 Å². The van der Waals surface area contributed by atoms with Crippen LogP contribution in [-0.4, -0.2) is 43.0 Å². The summed E-state index contributed by atoms with van der Waals surface area (Å²) in [5, 5.41) is 2.89. The second kappa shape index (κ2) is 9.34. The molecule has 1 fully saturated rings. The van der Waals surface area contributed by atoms with Crippen molar-refractivity contribution >= 4 is 18.0 Å². The number of nitrogens with zero attached hydrogens (tertiary/aromatic N) is 1. The molecule has 0 unspecified atom stereocenters. The molecular weight excluding hydrogens is 406 g/mol. The van der Waals surface area contributed by atoms with Crippen molar-refractivity contribution < 1.29 is 23.7 Å². The van der Waals surface area contributed by atoms with Gasteiger partial charge in [0.1, 0.15) is 11.5 Å². The van der Waals surface area contributed by atoms with Crippen molar-refractivity contribution in [3.05, 3.63) is 95.6 Å². The molecular formula is C25H24N3O4+. The summed E-state index contributed by atoms with van der Waals surface area (Å²) >= 11 is 0. The van der Waals surface area contributed by atoms with Crippen LogP contribution >= 0.6 is 0 Å². The normalized spacial score (nSPS) is 18.8. The minimum absolute atomic E-state index is 0.304. The zero-order valence-electron chi connectivity index (χ0n) is 17.8. The summed E-state index contributed by atoms with van der Waals surface area (Å²) in [6.07, 6.45) is 1.81. The van der Waals surface area contributed by atoms with Gasteiger partial charge in [0.25, 0.3) is 5.91 Å². The fourth-order valence-electron chi connectivity index (χ4n) is 3.72. The zero-order chi connectivity index (χ0) is 22.5. The van der Waals surface area contributed by atoms with E-state index in [1.807, 2.05) is 54.6 Å². The van der Waals surface area contributed by atoms with Gasteiger partial charge < -0.3 is 14.8 Å². The Kier molecular flexibility index (Phi) is 6.17. The van der Waals surface area contributed by atoms with E-state index in [9.17, 15) is 9.59 Å². The molecule has 1 aliphatic rings. The van der Waals surface area contributed by atoms with Crippen LogP contribution in [0.4, 0.5) is 0 Å². The van der Waals surface area contributed by atoms with Crippen molar-refractivity contribution in [3.8, 4) is 11.5 Å². The summed E-state index contributed by atoms with van der Waals surface area (Å²) in [5.41, 5.74) is 5.00. The zero-order valence-corrected chi connectivity index (χ0v) is 17.8. The van der Waals surface area contributed by atoms with Crippen molar-refractivity contribution in [2.45, 2.75) is 12.1 Å². The molecule has 2 atom stereocenters. The third-order valence-corrected chi connectivity index (χ3v) is 5.33. The maximum atomic E-state index is 13.0. The number of para-hydroxylation sites is 1. The van der Waals surface area contributed by atoms with Crippen LogP contribution in [0.15, 0.2) is 78.9 Å². The van der Waals surface area contributed by atoms with Crippen LogP contribution in [0, 0.1) is 0 Å². The van der Waals surface area contributed by atoms with Crippen molar-refractivity contribution in [2.24, 2.45) is 0 Å². The number of rotatable bonds is 6. The van der Waals surface area contributed by atoms with Gasteiger partial charge in [-0.2, -0.15) is 0 Å². The summed E-state index contributed by atoms with van der Waals surface area (Å²) < 4.78 is 12.4. The molecule has 2 N–H and O–H groups in total. The van der Waals surface area contributed by atoms with Gasteiger partial charge >= 0.3 is 5.91 Å². The summed E-state index contributed by atoms with van der Waals surface area (Å²) in [4.78, 5) is 25.8. The average molecular weight is 430 g/mol. The van der Waals surface area contributed by atoms with Gasteiger partial charge in [0, 0.05) is 11.1 Å². The highest BCUT2D eigenvalue weighted by atomic mass is 16.5. The van der Waals surface area contributed by atoms with E-state index < -0.39 is 12.1 Å². The number of methoxy groups -OCH3 is 2. The monoisotopic (exact) mass is 430 g/mol. The maximum Gasteiger partial charge on any atom is 0.304 e. The second-order valence-corrected chi connectivity index (χ2v) is 7.29. The van der Waals surface area contributed by atoms with Gasteiger partial charge in [0.05, 0.1) is 19.8 Å². The Morgan fingerprint density at radius 2 is 1.62 bits per heavy atom. The molecule has 7 heteroatoms. The first-order chi connectivity index (χ1) is 15.6. The van der Waals surface area contributed by atoms with E-state index >= 15 is 0 Å². The molecule has 0 saturated carbocycles. The van der Waals surface area contributed by atoms with E-state index in [1.54, 1.807) is 49.4 Å². The molecule has 0 spiro atoms. The molecule has 1 saturated heterocycles. The number of nitrogens with one attached hydrogen (secondary N) is 2. The van der Waals surface area contributed by atoms with Crippen molar-refractivity contribution in [1.82, 2.24) is 10.7 Å². The topological polar surface area (TPSA) is 79.7 Å². The lowest BCUT2D eigenvalue weighted by Crippen LogP contribution is -2.42. The van der Waals surface area contributed by atoms with Gasteiger partial charge in [0.2, 0.25) is 12.3 Å². The Morgan fingerprint density at radius 1 is 0.938 bits per heavy atom. The Balaban J connectivity index is 1.73. The number of benzene rings is 3. The molecule has 2 amide bonds. The number of amides is 2. The first kappa shape index (κ1) is 21.1. The Morgan fingerprint density at radius 3 is 2.31 bits per heavy atom. The van der Waals surface area contributed by atoms with Crippen molar-refractivity contribution in [3.63, 3.8) is 0 Å². The molecule has 1 heterocycles. The first-order valence-corrected chi connectivity index (χ1v) is 10.2. The molecule has 0 bridgehead atoms. The molecule has 1 aliphatic heterocycles. The highest BCUT2D eigenvalue weighted by Gasteiger charge is 2.48. The average Bonchev–Trinajstić information content (AvgIpc) is 3.14. The van der Waals surface area contributed by atoms with Crippen LogP contribution in [0.3, 0.4) is 0 Å². The number of hydrogen-bond donors (Lipinski definition) is 2. The van der Waals surface area contributed by atoms with Crippen LogP contribution in [0.25, 0.3) is 0 Å². The third-order valence-electron chi connectivity index (χ3n) is 5.33. The number of carbonyl (C=O) groups excluding carboxylic acids is 2. The standard InChI is InChI=1S/C25H23N3O4/c1-31-20-14-12-17(13-15-20)23-22(26-24(29)18-8-4-3-5-9-18)25(30)27-28(23)16-19-10-6-7-11-21(19)32-2/h3-16,22-23H,1-2H3,(H-,26,27,29,30)/p+1/b28-16-/t22-,23+/m0/s1. The summed E-state index contributed by atoms with van der Waals surface area (Å²) in [7, 11) is 3.19. The van der Waals surface area contributed by atoms with E-state index in [-0.39, 0.29) is 11.8 Å². The lowest BCUT2D eigenvalue weighted by molar-refractivity contribution is -0.596. The highest BCUT2D eigenvalue weighted by Crippen LogP contribution is 2.28. The first-order valence-electron chi connectivity index (χ1n) is 10.2. The van der Waals surface area contributed by atoms with Crippen molar-refractivity contribution in [1.29, 1.82) is 0 Å². The van der Waals surface area contributed by atoms with Crippen LogP contribution < -0.4 is 20.2 Å². The molecule has 0 aliphatic carbocycles. The quantitative estimate of drug-likeness (QED) is 0.590. The predicted molar refractivity (Wildman–Crippen MR) is 120 cm³/mol. The highest BCUT2D eigenvalue weighted by molar-refractivity contribution is 5.98. The van der Waals surface area contributed by atoms with Gasteiger partial charge in [-0.25, -0.2) is 0 Å². The number of hydrogen-bond acceptors (Lipinski definition) is 4. The molecule has 162 valence electrons. The molecule has 0 radical (unpaired) electrons. The molecule has 3 aromatic rings. The van der Waals surface area contributed by atoms with E-state index in [1.165, 1.54) is 0 Å².